The van der Waals surface area contributed by atoms with Crippen molar-refractivity contribution in [2.75, 3.05) is 13.6 Å². The van der Waals surface area contributed by atoms with Gasteiger partial charge in [-0.25, -0.2) is 0 Å². The lowest BCUT2D eigenvalue weighted by molar-refractivity contribution is 0.0885. The highest BCUT2D eigenvalue weighted by molar-refractivity contribution is 9.10. The predicted octanol–water partition coefficient (Wildman–Crippen LogP) is 3.24. The van der Waals surface area contributed by atoms with Gasteiger partial charge in [0.25, 0.3) is 0 Å². The molecular formula is C14H18BrNO. The van der Waals surface area contributed by atoms with Gasteiger partial charge in [-0.2, -0.15) is 0 Å². The van der Waals surface area contributed by atoms with Crippen molar-refractivity contribution in [3.63, 3.8) is 0 Å². The maximum atomic E-state index is 6.18. The number of ether oxygens (including phenoxy) is 1. The van der Waals surface area contributed by atoms with Crippen LogP contribution in [0.3, 0.4) is 0 Å². The fourth-order valence-electron chi connectivity index (χ4n) is 3.05. The summed E-state index contributed by atoms with van der Waals surface area (Å²) in [4.78, 5) is 2.45. The number of likely N-dealkylation sites (tertiary alicyclic amines) is 1. The van der Waals surface area contributed by atoms with Crippen LogP contribution >= 0.6 is 15.9 Å². The van der Waals surface area contributed by atoms with Crippen LogP contribution < -0.4 is 4.74 Å². The quantitative estimate of drug-likeness (QED) is 0.789. The van der Waals surface area contributed by atoms with Gasteiger partial charge in [0.15, 0.2) is 0 Å². The minimum absolute atomic E-state index is 0.385. The van der Waals surface area contributed by atoms with Crippen molar-refractivity contribution >= 4 is 15.9 Å². The Balaban J connectivity index is 1.78. The Hall–Kier alpha value is -0.540. The number of aryl methyl sites for hydroxylation is 1. The second-order valence-electron chi connectivity index (χ2n) is 5.14. The molecule has 2 heterocycles. The molecule has 2 unspecified atom stereocenters. The summed E-state index contributed by atoms with van der Waals surface area (Å²) < 4.78 is 7.33. The summed E-state index contributed by atoms with van der Waals surface area (Å²) in [6, 6.07) is 6.97. The molecule has 2 atom stereocenters. The number of nitrogens with zero attached hydrogens (tertiary/aromatic N) is 1. The highest BCUT2D eigenvalue weighted by Crippen LogP contribution is 2.33. The maximum Gasteiger partial charge on any atom is 0.123 e. The zero-order valence-electron chi connectivity index (χ0n) is 10.2. The molecule has 0 aromatic heterocycles. The Labute approximate surface area is 111 Å². The first-order valence-corrected chi connectivity index (χ1v) is 7.18. The van der Waals surface area contributed by atoms with E-state index in [0.29, 0.717) is 12.1 Å². The molecule has 3 rings (SSSR count). The fourth-order valence-corrected chi connectivity index (χ4v) is 3.46. The predicted molar refractivity (Wildman–Crippen MR) is 72.5 cm³/mol. The topological polar surface area (TPSA) is 12.5 Å². The molecule has 3 heteroatoms. The van der Waals surface area contributed by atoms with Crippen molar-refractivity contribution in [2.45, 2.75) is 37.8 Å². The van der Waals surface area contributed by atoms with Crippen LogP contribution in [0.25, 0.3) is 0 Å². The molecule has 0 bridgehead atoms. The molecule has 1 saturated heterocycles. The third kappa shape index (κ3) is 2.23. The summed E-state index contributed by atoms with van der Waals surface area (Å²) in [5.74, 6) is 1.09. The molecule has 2 aliphatic heterocycles. The fraction of sp³-hybridized carbons (Fsp3) is 0.571. The molecule has 2 aliphatic rings. The molecule has 92 valence electrons. The third-order valence-corrected chi connectivity index (χ3v) is 4.50. The van der Waals surface area contributed by atoms with E-state index in [1.54, 1.807) is 0 Å². The van der Waals surface area contributed by atoms with Crippen molar-refractivity contribution in [2.24, 2.45) is 0 Å². The maximum absolute atomic E-state index is 6.18. The number of halogens is 1. The first-order valence-electron chi connectivity index (χ1n) is 6.39. The zero-order valence-corrected chi connectivity index (χ0v) is 11.7. The van der Waals surface area contributed by atoms with E-state index < -0.39 is 0 Å². The van der Waals surface area contributed by atoms with Gasteiger partial charge in [-0.3, -0.25) is 4.90 Å². The van der Waals surface area contributed by atoms with Crippen LogP contribution in [0.2, 0.25) is 0 Å². The summed E-state index contributed by atoms with van der Waals surface area (Å²) in [6.07, 6.45) is 5.28. The number of fused-ring (bicyclic) bond motifs is 1. The average molecular weight is 296 g/mol. The van der Waals surface area contributed by atoms with E-state index in [2.05, 4.69) is 46.1 Å². The first-order chi connectivity index (χ1) is 8.24. The lowest BCUT2D eigenvalue weighted by Gasteiger charge is -2.33. The molecule has 0 spiro atoms. The van der Waals surface area contributed by atoms with Gasteiger partial charge in [-0.05, 0) is 63.0 Å². The van der Waals surface area contributed by atoms with E-state index in [1.165, 1.54) is 24.9 Å². The Morgan fingerprint density at radius 1 is 1.35 bits per heavy atom. The van der Waals surface area contributed by atoms with Crippen molar-refractivity contribution in [3.8, 4) is 5.75 Å². The van der Waals surface area contributed by atoms with Gasteiger partial charge < -0.3 is 4.74 Å². The van der Waals surface area contributed by atoms with E-state index in [4.69, 9.17) is 4.74 Å². The minimum atomic E-state index is 0.385. The lowest BCUT2D eigenvalue weighted by atomic mass is 9.96. The molecule has 0 N–H and O–H groups in total. The van der Waals surface area contributed by atoms with E-state index >= 15 is 0 Å². The molecule has 0 saturated carbocycles. The Morgan fingerprint density at radius 3 is 3.00 bits per heavy atom. The lowest BCUT2D eigenvalue weighted by Crippen LogP contribution is -2.41. The van der Waals surface area contributed by atoms with E-state index in [-0.39, 0.29) is 0 Å². The number of hydrogen-bond donors (Lipinski definition) is 0. The van der Waals surface area contributed by atoms with Crippen molar-refractivity contribution in [3.05, 3.63) is 28.2 Å². The summed E-state index contributed by atoms with van der Waals surface area (Å²) >= 11 is 3.52. The number of likely N-dealkylation sites (N-methyl/N-ethyl adjacent to an activating group) is 1. The Bertz CT molecular complexity index is 421. The molecule has 17 heavy (non-hydrogen) atoms. The Morgan fingerprint density at radius 2 is 2.24 bits per heavy atom. The van der Waals surface area contributed by atoms with Gasteiger partial charge in [0.2, 0.25) is 0 Å². The van der Waals surface area contributed by atoms with Gasteiger partial charge in [-0.1, -0.05) is 15.9 Å². The SMILES string of the molecule is CN1CCCC1C1CCc2cc(Br)ccc2O1. The number of benzene rings is 1. The number of hydrogen-bond acceptors (Lipinski definition) is 2. The Kier molecular flexibility index (Phi) is 3.14. The van der Waals surface area contributed by atoms with Crippen molar-refractivity contribution < 1.29 is 4.74 Å². The third-order valence-electron chi connectivity index (χ3n) is 4.01. The van der Waals surface area contributed by atoms with Gasteiger partial charge in [-0.15, -0.1) is 0 Å². The van der Waals surface area contributed by atoms with Gasteiger partial charge in [0, 0.05) is 10.5 Å². The van der Waals surface area contributed by atoms with Gasteiger partial charge >= 0.3 is 0 Å². The molecular weight excluding hydrogens is 278 g/mol. The average Bonchev–Trinajstić information content (AvgIpc) is 2.75. The van der Waals surface area contributed by atoms with E-state index in [1.807, 2.05) is 0 Å². The van der Waals surface area contributed by atoms with Gasteiger partial charge in [0.05, 0.1) is 0 Å². The smallest absolute Gasteiger partial charge is 0.123 e. The normalized spacial score (nSPS) is 28.8. The standard InChI is InChI=1S/C14H18BrNO/c1-16-8-2-3-12(16)14-6-4-10-9-11(15)5-7-13(10)17-14/h5,7,9,12,14H,2-4,6,8H2,1H3. The summed E-state index contributed by atoms with van der Waals surface area (Å²) in [5.41, 5.74) is 1.34. The minimum Gasteiger partial charge on any atom is -0.489 e. The number of rotatable bonds is 1. The van der Waals surface area contributed by atoms with Crippen LogP contribution in [0.15, 0.2) is 22.7 Å². The highest BCUT2D eigenvalue weighted by Gasteiger charge is 2.33. The molecule has 0 radical (unpaired) electrons. The van der Waals surface area contributed by atoms with Crippen LogP contribution in [0.5, 0.6) is 5.75 Å². The highest BCUT2D eigenvalue weighted by atomic mass is 79.9. The molecule has 0 aliphatic carbocycles. The molecule has 2 nitrogen and oxygen atoms in total. The summed E-state index contributed by atoms with van der Waals surface area (Å²) in [6.45, 7) is 1.22. The van der Waals surface area contributed by atoms with E-state index in [9.17, 15) is 0 Å². The van der Waals surface area contributed by atoms with Crippen LogP contribution in [-0.2, 0) is 6.42 Å². The summed E-state index contributed by atoms with van der Waals surface area (Å²) in [7, 11) is 2.22. The first kappa shape index (κ1) is 11.5. The molecule has 1 fully saturated rings. The van der Waals surface area contributed by atoms with Crippen LogP contribution in [0, 0.1) is 0 Å². The van der Waals surface area contributed by atoms with Crippen LogP contribution in [0.1, 0.15) is 24.8 Å². The van der Waals surface area contributed by atoms with Crippen molar-refractivity contribution in [1.29, 1.82) is 0 Å². The largest absolute Gasteiger partial charge is 0.489 e. The second kappa shape index (κ2) is 4.62. The monoisotopic (exact) mass is 295 g/mol. The van der Waals surface area contributed by atoms with Crippen LogP contribution in [-0.4, -0.2) is 30.6 Å². The molecule has 1 aromatic rings. The molecule has 0 amide bonds. The molecule has 1 aromatic carbocycles. The van der Waals surface area contributed by atoms with Crippen molar-refractivity contribution in [1.82, 2.24) is 4.90 Å². The van der Waals surface area contributed by atoms with Gasteiger partial charge in [0.1, 0.15) is 11.9 Å². The van der Waals surface area contributed by atoms with Crippen LogP contribution in [0.4, 0.5) is 0 Å². The zero-order chi connectivity index (χ0) is 11.8. The second-order valence-corrected chi connectivity index (χ2v) is 6.05. The summed E-state index contributed by atoms with van der Waals surface area (Å²) in [5, 5.41) is 0. The van der Waals surface area contributed by atoms with E-state index in [0.717, 1.165) is 23.1 Å².